The van der Waals surface area contributed by atoms with Crippen LogP contribution in [-0.4, -0.2) is 27.9 Å². The van der Waals surface area contributed by atoms with Crippen LogP contribution in [0, 0.1) is 0 Å². The summed E-state index contributed by atoms with van der Waals surface area (Å²) in [6.07, 6.45) is 0.826. The van der Waals surface area contributed by atoms with E-state index in [4.69, 9.17) is 4.74 Å². The number of carbonyl (C=O) groups is 2. The SMILES string of the molecule is C[C@H]1[C@@H](c2ccccc2)OC2c3c(NC(=O)Nc4ccccn4)cccc3C(=O)N21. The molecule has 1 aromatic heterocycles. The summed E-state index contributed by atoms with van der Waals surface area (Å²) in [5.74, 6) is 0.352. The van der Waals surface area contributed by atoms with Gasteiger partial charge in [-0.1, -0.05) is 42.5 Å². The van der Waals surface area contributed by atoms with Gasteiger partial charge in [0, 0.05) is 17.3 Å². The average molecular weight is 400 g/mol. The zero-order chi connectivity index (χ0) is 20.7. The summed E-state index contributed by atoms with van der Waals surface area (Å²) in [4.78, 5) is 31.5. The molecule has 1 fully saturated rings. The number of ether oxygens (including phenoxy) is 1. The Bertz CT molecular complexity index is 1100. The highest BCUT2D eigenvalue weighted by atomic mass is 16.5. The lowest BCUT2D eigenvalue weighted by molar-refractivity contribution is 0.00949. The molecule has 30 heavy (non-hydrogen) atoms. The van der Waals surface area contributed by atoms with Crippen LogP contribution in [0.25, 0.3) is 0 Å². The molecule has 7 heteroatoms. The minimum Gasteiger partial charge on any atom is -0.344 e. The van der Waals surface area contributed by atoms with Gasteiger partial charge in [-0.05, 0) is 36.8 Å². The molecule has 0 bridgehead atoms. The number of rotatable bonds is 3. The minimum absolute atomic E-state index is 0.0882. The summed E-state index contributed by atoms with van der Waals surface area (Å²) in [6, 6.07) is 19.9. The van der Waals surface area contributed by atoms with Gasteiger partial charge < -0.3 is 15.0 Å². The van der Waals surface area contributed by atoms with Crippen LogP contribution in [0.3, 0.4) is 0 Å². The Morgan fingerprint density at radius 3 is 2.57 bits per heavy atom. The molecule has 3 amide bonds. The number of nitrogens with zero attached hydrogens (tertiary/aromatic N) is 2. The normalized spacial score (nSPS) is 21.8. The second kappa shape index (κ2) is 7.27. The van der Waals surface area contributed by atoms with Crippen LogP contribution in [-0.2, 0) is 4.74 Å². The molecule has 0 aliphatic carbocycles. The topological polar surface area (TPSA) is 83.6 Å². The third-order valence-corrected chi connectivity index (χ3v) is 5.51. The smallest absolute Gasteiger partial charge is 0.324 e. The first kappa shape index (κ1) is 18.3. The number of nitrogens with one attached hydrogen (secondary N) is 2. The van der Waals surface area contributed by atoms with E-state index < -0.39 is 12.3 Å². The van der Waals surface area contributed by atoms with Crippen molar-refractivity contribution >= 4 is 23.4 Å². The Kier molecular flexibility index (Phi) is 4.44. The zero-order valence-electron chi connectivity index (χ0n) is 16.3. The Morgan fingerprint density at radius 1 is 1.00 bits per heavy atom. The summed E-state index contributed by atoms with van der Waals surface area (Å²) < 4.78 is 6.34. The highest BCUT2D eigenvalue weighted by Crippen LogP contribution is 2.50. The molecule has 1 saturated heterocycles. The van der Waals surface area contributed by atoms with Crippen molar-refractivity contribution in [1.29, 1.82) is 0 Å². The van der Waals surface area contributed by atoms with Gasteiger partial charge in [-0.15, -0.1) is 0 Å². The predicted octanol–water partition coefficient (Wildman–Crippen LogP) is 4.34. The molecule has 3 heterocycles. The molecule has 7 nitrogen and oxygen atoms in total. The van der Waals surface area contributed by atoms with Crippen molar-refractivity contribution in [3.05, 3.63) is 89.6 Å². The maximum Gasteiger partial charge on any atom is 0.324 e. The lowest BCUT2D eigenvalue weighted by Crippen LogP contribution is -2.32. The fourth-order valence-corrected chi connectivity index (χ4v) is 4.15. The molecule has 3 atom stereocenters. The number of urea groups is 1. The van der Waals surface area contributed by atoms with E-state index in [9.17, 15) is 9.59 Å². The van der Waals surface area contributed by atoms with Crippen molar-refractivity contribution in [2.45, 2.75) is 25.3 Å². The van der Waals surface area contributed by atoms with Gasteiger partial charge in [-0.2, -0.15) is 0 Å². The highest BCUT2D eigenvalue weighted by Gasteiger charge is 2.50. The standard InChI is InChI=1S/C23H20N4O3/c1-14-20(15-8-3-2-4-9-15)30-22-19-16(21(28)27(14)22)10-7-11-17(19)25-23(29)26-18-12-5-6-13-24-18/h2-14,20,22H,1H3,(H2,24,25,26,29)/t14-,20-,22?/m0/s1. The van der Waals surface area contributed by atoms with Crippen molar-refractivity contribution in [1.82, 2.24) is 9.88 Å². The number of pyridine rings is 1. The first-order valence-corrected chi connectivity index (χ1v) is 9.78. The van der Waals surface area contributed by atoms with Gasteiger partial charge in [0.05, 0.1) is 11.7 Å². The van der Waals surface area contributed by atoms with E-state index in [0.29, 0.717) is 22.6 Å². The number of carbonyl (C=O) groups excluding carboxylic acids is 2. The van der Waals surface area contributed by atoms with Crippen LogP contribution in [0.15, 0.2) is 72.9 Å². The van der Waals surface area contributed by atoms with Gasteiger partial charge in [0.15, 0.2) is 6.23 Å². The molecule has 150 valence electrons. The largest absolute Gasteiger partial charge is 0.344 e. The van der Waals surface area contributed by atoms with Crippen LogP contribution in [0.2, 0.25) is 0 Å². The van der Waals surface area contributed by atoms with Crippen molar-refractivity contribution in [3.8, 4) is 0 Å². The zero-order valence-corrected chi connectivity index (χ0v) is 16.3. The maximum absolute atomic E-state index is 13.1. The number of anilines is 2. The van der Waals surface area contributed by atoms with Gasteiger partial charge in [0.1, 0.15) is 11.9 Å². The fraction of sp³-hybridized carbons (Fsp3) is 0.174. The Morgan fingerprint density at radius 2 is 1.80 bits per heavy atom. The van der Waals surface area contributed by atoms with Crippen molar-refractivity contribution in [3.63, 3.8) is 0 Å². The van der Waals surface area contributed by atoms with Crippen LogP contribution < -0.4 is 10.6 Å². The molecule has 2 aliphatic heterocycles. The third kappa shape index (κ3) is 3.00. The predicted molar refractivity (Wildman–Crippen MR) is 112 cm³/mol. The van der Waals surface area contributed by atoms with Gasteiger partial charge >= 0.3 is 6.03 Å². The molecular formula is C23H20N4O3. The third-order valence-electron chi connectivity index (χ3n) is 5.51. The maximum atomic E-state index is 13.1. The second-order valence-electron chi connectivity index (χ2n) is 7.33. The first-order chi connectivity index (χ1) is 14.6. The minimum atomic E-state index is -0.543. The van der Waals surface area contributed by atoms with Gasteiger partial charge in [0.25, 0.3) is 5.91 Å². The van der Waals surface area contributed by atoms with Crippen LogP contribution in [0.4, 0.5) is 16.3 Å². The monoisotopic (exact) mass is 400 g/mol. The number of amides is 3. The lowest BCUT2D eigenvalue weighted by Gasteiger charge is -2.20. The molecule has 0 spiro atoms. The van der Waals surface area contributed by atoms with E-state index in [-0.39, 0.29) is 18.1 Å². The van der Waals surface area contributed by atoms with E-state index in [0.717, 1.165) is 5.56 Å². The first-order valence-electron chi connectivity index (χ1n) is 9.78. The molecule has 0 saturated carbocycles. The highest BCUT2D eigenvalue weighted by molar-refractivity contribution is 6.05. The van der Waals surface area contributed by atoms with Gasteiger partial charge in [-0.25, -0.2) is 9.78 Å². The molecular weight excluding hydrogens is 380 g/mol. The van der Waals surface area contributed by atoms with E-state index in [1.807, 2.05) is 37.3 Å². The van der Waals surface area contributed by atoms with Gasteiger partial charge in [0.2, 0.25) is 0 Å². The van der Waals surface area contributed by atoms with Crippen molar-refractivity contribution in [2.75, 3.05) is 10.6 Å². The molecule has 2 aromatic carbocycles. The number of fused-ring (bicyclic) bond motifs is 3. The molecule has 0 radical (unpaired) electrons. The fourth-order valence-electron chi connectivity index (χ4n) is 4.15. The van der Waals surface area contributed by atoms with Crippen molar-refractivity contribution < 1.29 is 14.3 Å². The summed E-state index contributed by atoms with van der Waals surface area (Å²) in [6.45, 7) is 1.99. The Hall–Kier alpha value is -3.71. The van der Waals surface area contributed by atoms with E-state index in [1.54, 1.807) is 47.5 Å². The van der Waals surface area contributed by atoms with E-state index in [1.165, 1.54) is 0 Å². The summed E-state index contributed by atoms with van der Waals surface area (Å²) in [5.41, 5.74) is 2.80. The number of benzene rings is 2. The second-order valence-corrected chi connectivity index (χ2v) is 7.33. The van der Waals surface area contributed by atoms with Crippen LogP contribution in [0.1, 0.15) is 40.7 Å². The van der Waals surface area contributed by atoms with E-state index in [2.05, 4.69) is 15.6 Å². The Balaban J connectivity index is 1.44. The number of hydrogen-bond acceptors (Lipinski definition) is 4. The molecule has 3 aromatic rings. The van der Waals surface area contributed by atoms with E-state index >= 15 is 0 Å². The average Bonchev–Trinajstić information content (AvgIpc) is 3.25. The quantitative estimate of drug-likeness (QED) is 0.685. The molecule has 1 unspecified atom stereocenters. The summed E-state index contributed by atoms with van der Waals surface area (Å²) >= 11 is 0. The number of hydrogen-bond donors (Lipinski definition) is 2. The lowest BCUT2D eigenvalue weighted by atomic mass is 10.0. The van der Waals surface area contributed by atoms with Gasteiger partial charge in [-0.3, -0.25) is 10.1 Å². The molecule has 5 rings (SSSR count). The molecule has 2 aliphatic rings. The van der Waals surface area contributed by atoms with Crippen LogP contribution >= 0.6 is 0 Å². The number of aromatic nitrogens is 1. The van der Waals surface area contributed by atoms with Crippen molar-refractivity contribution in [2.24, 2.45) is 0 Å². The molecule has 2 N–H and O–H groups in total. The Labute approximate surface area is 173 Å². The summed E-state index contributed by atoms with van der Waals surface area (Å²) in [7, 11) is 0. The summed E-state index contributed by atoms with van der Waals surface area (Å²) in [5, 5.41) is 5.54. The van der Waals surface area contributed by atoms with Crippen LogP contribution in [0.5, 0.6) is 0 Å².